The van der Waals surface area contributed by atoms with E-state index in [0.29, 0.717) is 30.0 Å². The third-order valence-electron chi connectivity index (χ3n) is 16.8. The zero-order valence-corrected chi connectivity index (χ0v) is 64.3. The minimum atomic E-state index is -1.31. The first-order chi connectivity index (χ1) is 53.3. The highest BCUT2D eigenvalue weighted by atomic mass is 16.5. The van der Waals surface area contributed by atoms with E-state index in [0.717, 1.165) is 13.0 Å². The standard InChI is InChI=1S/C71H95N25O16/c1-42(97)76-43-28-53(91(7)33-43)68(106)86-55-39-96(12)62(83-55)71(109)87-56-40-95(11)61(84-56)70(108)79-46-30-50(90(6)36-46)65(103)75-20-18-48(81-58(99)17-14-13-16-57(98)73-21-23-110-24-25-111-26-27-112-41-59(100)72-2)63(101)85-54-38-94(10)60(82-54)69(107)80-47-32-52(93(9)37-47)67(105)78-45-31-51(92(8)35-45)66(104)77-44-29-49(89(5)34-44)64(102)74-19-15-22-88(3)4/h28-40,48H,13-27,41H2,1-12H3,(H,72,100)(H,73,98)(H,74,102)(H,75,103)(H,76,97)(H,77,104)(H,78,105)(H,79,108)(H,80,107)(H,81,99)(H,85,101)(H,86,106)(H,87,109)/t48-/m1/s1. The molecule has 8 rings (SSSR count). The largest absolute Gasteiger partial charge is 0.377 e. The summed E-state index contributed by atoms with van der Waals surface area (Å²) in [5.74, 6) is -7.35. The molecule has 0 fully saturated rings. The maximum Gasteiger partial charge on any atom is 0.292 e. The second-order valence-electron chi connectivity index (χ2n) is 26.3. The third kappa shape index (κ3) is 24.5. The highest BCUT2D eigenvalue weighted by Crippen LogP contribution is 2.23. The molecule has 0 spiro atoms. The van der Waals surface area contributed by atoms with E-state index < -0.39 is 59.2 Å². The van der Waals surface area contributed by atoms with E-state index >= 15 is 0 Å². The van der Waals surface area contributed by atoms with Crippen molar-refractivity contribution in [2.75, 3.05) is 129 Å². The van der Waals surface area contributed by atoms with Crippen molar-refractivity contribution in [3.8, 4) is 0 Å². The molecule has 112 heavy (non-hydrogen) atoms. The minimum absolute atomic E-state index is 0.0181. The van der Waals surface area contributed by atoms with Crippen molar-refractivity contribution in [3.05, 3.63) is 126 Å². The number of nitrogens with one attached hydrogen (secondary N) is 13. The van der Waals surface area contributed by atoms with Gasteiger partial charge in [-0.1, -0.05) is 0 Å². The van der Waals surface area contributed by atoms with Crippen LogP contribution in [0.4, 0.5) is 45.9 Å². The number of aryl methyl sites for hydroxylation is 8. The first-order valence-electron chi connectivity index (χ1n) is 35.4. The van der Waals surface area contributed by atoms with Crippen molar-refractivity contribution in [2.24, 2.45) is 56.4 Å². The van der Waals surface area contributed by atoms with Crippen LogP contribution in [-0.2, 0) is 94.6 Å². The molecule has 600 valence electrons. The number of unbranched alkanes of at least 4 members (excludes halogenated alkanes) is 1. The van der Waals surface area contributed by atoms with Crippen LogP contribution in [0.25, 0.3) is 0 Å². The molecule has 8 aromatic heterocycles. The zero-order chi connectivity index (χ0) is 81.5. The lowest BCUT2D eigenvalue weighted by atomic mass is 10.1. The predicted molar refractivity (Wildman–Crippen MR) is 410 cm³/mol. The van der Waals surface area contributed by atoms with Crippen molar-refractivity contribution in [1.29, 1.82) is 0 Å². The summed E-state index contributed by atoms with van der Waals surface area (Å²) in [6.07, 6.45) is 13.0. The highest BCUT2D eigenvalue weighted by Gasteiger charge is 2.28. The molecule has 1 atom stereocenters. The minimum Gasteiger partial charge on any atom is -0.377 e. The summed E-state index contributed by atoms with van der Waals surface area (Å²) in [6.45, 7) is 3.88. The fourth-order valence-electron chi connectivity index (χ4n) is 11.3. The molecule has 0 saturated carbocycles. The number of carbonyl (C=O) groups excluding carboxylic acids is 13. The molecule has 0 bridgehead atoms. The van der Waals surface area contributed by atoms with Gasteiger partial charge < -0.3 is 125 Å². The van der Waals surface area contributed by atoms with Crippen molar-refractivity contribution < 1.29 is 76.5 Å². The number of rotatable bonds is 41. The molecule has 0 saturated heterocycles. The molecule has 0 radical (unpaired) electrons. The summed E-state index contributed by atoms with van der Waals surface area (Å²) >= 11 is 0. The number of amides is 13. The Morgan fingerprint density at radius 2 is 0.750 bits per heavy atom. The van der Waals surface area contributed by atoms with Gasteiger partial charge in [-0.25, -0.2) is 15.0 Å². The lowest BCUT2D eigenvalue weighted by Crippen LogP contribution is -2.45. The first-order valence-corrected chi connectivity index (χ1v) is 35.4. The van der Waals surface area contributed by atoms with Crippen molar-refractivity contribution in [3.63, 3.8) is 0 Å². The second kappa shape index (κ2) is 39.9. The summed E-state index contributed by atoms with van der Waals surface area (Å²) in [4.78, 5) is 186. The molecule has 0 unspecified atom stereocenters. The summed E-state index contributed by atoms with van der Waals surface area (Å²) in [7, 11) is 18.1. The molecule has 8 aromatic rings. The number of anilines is 8. The van der Waals surface area contributed by atoms with Crippen LogP contribution >= 0.6 is 0 Å². The maximum absolute atomic E-state index is 14.2. The van der Waals surface area contributed by atoms with Crippen LogP contribution in [0.2, 0.25) is 0 Å². The molecule has 0 aliphatic heterocycles. The molecule has 8 heterocycles. The normalized spacial score (nSPS) is 11.3. The van der Waals surface area contributed by atoms with E-state index in [4.69, 9.17) is 14.2 Å². The van der Waals surface area contributed by atoms with Crippen LogP contribution in [-0.4, -0.2) is 226 Å². The predicted octanol–water partition coefficient (Wildman–Crippen LogP) is 1.45. The average molecular weight is 1550 g/mol. The van der Waals surface area contributed by atoms with E-state index in [-0.39, 0.29) is 177 Å². The molecular weight excluding hydrogens is 1460 g/mol. The molecule has 0 aliphatic rings. The smallest absolute Gasteiger partial charge is 0.292 e. The maximum atomic E-state index is 14.2. The number of imidazole rings is 3. The van der Waals surface area contributed by atoms with Gasteiger partial charge in [-0.2, -0.15) is 0 Å². The lowest BCUT2D eigenvalue weighted by Gasteiger charge is -2.18. The van der Waals surface area contributed by atoms with Crippen LogP contribution < -0.4 is 69.1 Å². The van der Waals surface area contributed by atoms with Crippen LogP contribution in [0.1, 0.15) is 130 Å². The fourth-order valence-corrected chi connectivity index (χ4v) is 11.3. The SMILES string of the molecule is CNC(=O)COCCOCCOCCNC(=O)CCCCC(=O)N[C@H](CCNC(=O)c1cc(NC(=O)c2nc(NC(=O)c3nc(NC(=O)c4cc(NC(C)=O)cn4C)cn3C)cn2C)cn1C)C(=O)Nc1cn(C)c(C(=O)Nc2cc(C(=O)Nc3cc(C(=O)Nc4cc(C(=O)NCCCN(C)C)n(C)c4)n(C)c3)n(C)c2)n1. The van der Waals surface area contributed by atoms with E-state index in [2.05, 4.69) is 84.1 Å². The van der Waals surface area contributed by atoms with Gasteiger partial charge in [0.2, 0.25) is 47.0 Å². The topological polar surface area (TPSA) is 487 Å². The Balaban J connectivity index is 0.845. The molecule has 0 aromatic carbocycles. The first kappa shape index (κ1) is 84.6. The Hall–Kier alpha value is -13.0. The van der Waals surface area contributed by atoms with Crippen LogP contribution in [0.3, 0.4) is 0 Å². The van der Waals surface area contributed by atoms with E-state index in [1.807, 2.05) is 19.0 Å². The van der Waals surface area contributed by atoms with Crippen molar-refractivity contribution in [2.45, 2.75) is 51.5 Å². The number of hydrogen-bond donors (Lipinski definition) is 13. The summed E-state index contributed by atoms with van der Waals surface area (Å²) < 4.78 is 27.7. The van der Waals surface area contributed by atoms with Gasteiger partial charge in [0.15, 0.2) is 17.5 Å². The third-order valence-corrected chi connectivity index (χ3v) is 16.8. The van der Waals surface area contributed by atoms with Gasteiger partial charge in [0, 0.05) is 152 Å². The highest BCUT2D eigenvalue weighted by molar-refractivity contribution is 6.10. The van der Waals surface area contributed by atoms with Crippen LogP contribution in [0.5, 0.6) is 0 Å². The fraction of sp³-hybridized carbons (Fsp3) is 0.408. The van der Waals surface area contributed by atoms with Gasteiger partial charge in [0.25, 0.3) is 47.3 Å². The molecule has 41 nitrogen and oxygen atoms in total. The molecular formula is C71H95N25O16. The van der Waals surface area contributed by atoms with Gasteiger partial charge >= 0.3 is 0 Å². The monoisotopic (exact) mass is 1550 g/mol. The molecule has 0 aliphatic carbocycles. The Morgan fingerprint density at radius 1 is 0.384 bits per heavy atom. The molecule has 41 heteroatoms. The lowest BCUT2D eigenvalue weighted by molar-refractivity contribution is -0.126. The number of likely N-dealkylation sites (N-methyl/N-ethyl adjacent to an activating group) is 1. The van der Waals surface area contributed by atoms with E-state index in [9.17, 15) is 62.3 Å². The van der Waals surface area contributed by atoms with Gasteiger partial charge in [0.1, 0.15) is 41.1 Å². The number of ether oxygens (including phenoxy) is 3. The summed E-state index contributed by atoms with van der Waals surface area (Å²) in [6, 6.07) is 6.04. The number of carbonyl (C=O) groups is 13. The van der Waals surface area contributed by atoms with Gasteiger partial charge in [-0.05, 0) is 76.7 Å². The molecule has 13 amide bonds. The van der Waals surface area contributed by atoms with Gasteiger partial charge in [-0.15, -0.1) is 0 Å². The van der Waals surface area contributed by atoms with Gasteiger partial charge in [-0.3, -0.25) is 62.3 Å². The van der Waals surface area contributed by atoms with Crippen LogP contribution in [0, 0.1) is 0 Å². The zero-order valence-electron chi connectivity index (χ0n) is 64.3. The van der Waals surface area contributed by atoms with Gasteiger partial charge in [0.05, 0.1) is 61.5 Å². The molecule has 13 N–H and O–H groups in total. The second-order valence-corrected chi connectivity index (χ2v) is 26.3. The Labute approximate surface area is 643 Å². The van der Waals surface area contributed by atoms with E-state index in [1.165, 1.54) is 122 Å². The Kier molecular flexibility index (Phi) is 30.1. The number of nitrogens with zero attached hydrogens (tertiary/aromatic N) is 12. The Bertz CT molecular complexity index is 4770. The van der Waals surface area contributed by atoms with Crippen LogP contribution in [0.15, 0.2) is 79.9 Å². The summed E-state index contributed by atoms with van der Waals surface area (Å²) in [5, 5.41) is 35.0. The number of hydrogen-bond acceptors (Lipinski definition) is 20. The van der Waals surface area contributed by atoms with Crippen molar-refractivity contribution >= 4 is 123 Å². The summed E-state index contributed by atoms with van der Waals surface area (Å²) in [5.41, 5.74) is 2.43. The quantitative estimate of drug-likeness (QED) is 0.0241. The van der Waals surface area contributed by atoms with E-state index in [1.54, 1.807) is 64.5 Å². The average Bonchev–Trinajstić information content (AvgIpc) is 1.68. The number of aromatic nitrogens is 11. The van der Waals surface area contributed by atoms with Crippen molar-refractivity contribution in [1.82, 2.24) is 83.0 Å². The Morgan fingerprint density at radius 3 is 1.19 bits per heavy atom.